The largest absolute Gasteiger partial charge is 0.231 e. The molecule has 0 aliphatic carbocycles. The summed E-state index contributed by atoms with van der Waals surface area (Å²) in [5.41, 5.74) is 0. The summed E-state index contributed by atoms with van der Waals surface area (Å²) < 4.78 is 1.63. The molecule has 1 aliphatic rings. The second-order valence-electron chi connectivity index (χ2n) is 1.63. The molecule has 0 aromatic carbocycles. The molecule has 1 aliphatic heterocycles. The van der Waals surface area contributed by atoms with Crippen molar-refractivity contribution in [1.29, 1.82) is 0 Å². The fourth-order valence-electron chi connectivity index (χ4n) is 0.542. The number of thioether (sulfide) groups is 1. The van der Waals surface area contributed by atoms with Gasteiger partial charge in [-0.15, -0.1) is 6.58 Å². The van der Waals surface area contributed by atoms with Crippen LogP contribution in [0.3, 0.4) is 0 Å². The molecule has 0 N–H and O–H groups in total. The molecule has 0 amide bonds. The number of hydrazone groups is 1. The van der Waals surface area contributed by atoms with Gasteiger partial charge in [-0.25, -0.2) is 4.41 Å². The minimum Gasteiger partial charge on any atom is -0.231 e. The zero-order valence-electron chi connectivity index (χ0n) is 4.95. The van der Waals surface area contributed by atoms with E-state index in [0.717, 1.165) is 17.3 Å². The van der Waals surface area contributed by atoms with Crippen LogP contribution in [0.5, 0.6) is 0 Å². The number of hydrogen-bond donors (Lipinski definition) is 1. The van der Waals surface area contributed by atoms with E-state index in [1.165, 1.54) is 0 Å². The van der Waals surface area contributed by atoms with E-state index in [9.17, 15) is 0 Å². The first-order valence-corrected chi connectivity index (χ1v) is 3.99. The molecule has 0 saturated carbocycles. The highest BCUT2D eigenvalue weighted by Crippen LogP contribution is 2.20. The van der Waals surface area contributed by atoms with Gasteiger partial charge in [-0.1, -0.05) is 17.8 Å². The van der Waals surface area contributed by atoms with E-state index in [0.29, 0.717) is 0 Å². The summed E-state index contributed by atoms with van der Waals surface area (Å²) in [4.78, 5) is 0. The van der Waals surface area contributed by atoms with Crippen LogP contribution in [0.15, 0.2) is 17.8 Å². The number of hydrogen-bond acceptors (Lipinski definition) is 4. The van der Waals surface area contributed by atoms with Crippen molar-refractivity contribution in [2.24, 2.45) is 5.10 Å². The maximum absolute atomic E-state index is 4.08. The monoisotopic (exact) mass is 160 g/mol. The summed E-state index contributed by atoms with van der Waals surface area (Å²) in [6.07, 6.45) is 2.71. The molecule has 0 aromatic heterocycles. The summed E-state index contributed by atoms with van der Waals surface area (Å²) in [7, 11) is 0. The summed E-state index contributed by atoms with van der Waals surface area (Å²) >= 11 is 5.74. The Bertz CT molecular complexity index is 144. The maximum atomic E-state index is 4.08. The quantitative estimate of drug-likeness (QED) is 0.489. The molecule has 1 rings (SSSR count). The van der Waals surface area contributed by atoms with Crippen molar-refractivity contribution < 1.29 is 0 Å². The summed E-state index contributed by atoms with van der Waals surface area (Å²) in [6.45, 7) is 3.61. The average Bonchev–Trinajstić information content (AvgIpc) is 2.17. The Morgan fingerprint density at radius 2 is 2.78 bits per heavy atom. The highest BCUT2D eigenvalue weighted by Gasteiger charge is 2.09. The van der Waals surface area contributed by atoms with Gasteiger partial charge in [-0.2, -0.15) is 5.10 Å². The SMILES string of the molecule is C=CCC1=NN(S)CS1. The van der Waals surface area contributed by atoms with Gasteiger partial charge < -0.3 is 0 Å². The standard InChI is InChI=1S/C5H8N2S2/c1-2-3-5-6-7(8)4-9-5/h2,8H,1,3-4H2. The topological polar surface area (TPSA) is 15.6 Å². The molecular weight excluding hydrogens is 152 g/mol. The summed E-state index contributed by atoms with van der Waals surface area (Å²) in [5, 5.41) is 5.18. The highest BCUT2D eigenvalue weighted by atomic mass is 32.2. The van der Waals surface area contributed by atoms with Crippen LogP contribution in [0.1, 0.15) is 6.42 Å². The number of rotatable bonds is 2. The Balaban J connectivity index is 2.41. The lowest BCUT2D eigenvalue weighted by Crippen LogP contribution is -1.93. The van der Waals surface area contributed by atoms with Crippen LogP contribution in [0.2, 0.25) is 0 Å². The van der Waals surface area contributed by atoms with Crippen molar-refractivity contribution in [2.45, 2.75) is 6.42 Å². The minimum absolute atomic E-state index is 0.853. The van der Waals surface area contributed by atoms with Gasteiger partial charge >= 0.3 is 0 Å². The Morgan fingerprint density at radius 1 is 2.00 bits per heavy atom. The van der Waals surface area contributed by atoms with E-state index >= 15 is 0 Å². The second-order valence-corrected chi connectivity index (χ2v) is 3.11. The van der Waals surface area contributed by atoms with Gasteiger partial charge in [0.25, 0.3) is 0 Å². The van der Waals surface area contributed by atoms with Crippen LogP contribution < -0.4 is 0 Å². The molecule has 4 heteroatoms. The van der Waals surface area contributed by atoms with Crippen molar-refractivity contribution in [1.82, 2.24) is 4.41 Å². The number of thiol groups is 1. The van der Waals surface area contributed by atoms with Crippen LogP contribution >= 0.6 is 24.6 Å². The zero-order valence-corrected chi connectivity index (χ0v) is 6.66. The molecule has 50 valence electrons. The molecule has 9 heavy (non-hydrogen) atoms. The number of allylic oxidation sites excluding steroid dienone is 1. The second kappa shape index (κ2) is 3.17. The zero-order chi connectivity index (χ0) is 6.69. The Morgan fingerprint density at radius 3 is 3.22 bits per heavy atom. The molecule has 0 spiro atoms. The fourth-order valence-corrected chi connectivity index (χ4v) is 1.60. The van der Waals surface area contributed by atoms with Crippen LogP contribution in [-0.4, -0.2) is 15.3 Å². The Labute approximate surface area is 64.5 Å². The van der Waals surface area contributed by atoms with Crippen LogP contribution in [0.25, 0.3) is 0 Å². The smallest absolute Gasteiger partial charge is 0.0999 e. The van der Waals surface area contributed by atoms with E-state index in [-0.39, 0.29) is 0 Å². The van der Waals surface area contributed by atoms with Crippen molar-refractivity contribution in [3.8, 4) is 0 Å². The van der Waals surface area contributed by atoms with E-state index in [1.54, 1.807) is 16.2 Å². The lowest BCUT2D eigenvalue weighted by atomic mass is 10.5. The molecule has 0 bridgehead atoms. The molecule has 0 radical (unpaired) electrons. The lowest BCUT2D eigenvalue weighted by Gasteiger charge is -1.96. The third kappa shape index (κ3) is 1.95. The molecule has 0 saturated heterocycles. The average molecular weight is 160 g/mol. The van der Waals surface area contributed by atoms with Crippen molar-refractivity contribution in [2.75, 3.05) is 5.88 Å². The lowest BCUT2D eigenvalue weighted by molar-refractivity contribution is 0.614. The fraction of sp³-hybridized carbons (Fsp3) is 0.400. The number of nitrogens with zero attached hydrogens (tertiary/aromatic N) is 2. The molecule has 1 heterocycles. The first-order chi connectivity index (χ1) is 4.33. The van der Waals surface area contributed by atoms with Gasteiger partial charge in [0.05, 0.1) is 10.9 Å². The van der Waals surface area contributed by atoms with Gasteiger partial charge in [0, 0.05) is 6.42 Å². The van der Waals surface area contributed by atoms with Gasteiger partial charge in [0.15, 0.2) is 0 Å². The van der Waals surface area contributed by atoms with E-state index in [1.807, 2.05) is 6.08 Å². The first-order valence-electron chi connectivity index (χ1n) is 2.60. The first kappa shape index (κ1) is 7.02. The van der Waals surface area contributed by atoms with Gasteiger partial charge in [0.2, 0.25) is 0 Å². The van der Waals surface area contributed by atoms with E-state index in [2.05, 4.69) is 24.5 Å². The van der Waals surface area contributed by atoms with Gasteiger partial charge in [-0.05, 0) is 12.8 Å². The third-order valence-corrected chi connectivity index (χ3v) is 2.27. The Hall–Kier alpha value is -0.0900. The van der Waals surface area contributed by atoms with E-state index < -0.39 is 0 Å². The summed E-state index contributed by atoms with van der Waals surface area (Å²) in [6, 6.07) is 0. The van der Waals surface area contributed by atoms with Crippen molar-refractivity contribution in [3.63, 3.8) is 0 Å². The van der Waals surface area contributed by atoms with Gasteiger partial charge in [0.1, 0.15) is 0 Å². The van der Waals surface area contributed by atoms with Crippen LogP contribution in [0.4, 0.5) is 0 Å². The van der Waals surface area contributed by atoms with Crippen LogP contribution in [-0.2, 0) is 0 Å². The predicted molar refractivity (Wildman–Crippen MR) is 45.5 cm³/mol. The van der Waals surface area contributed by atoms with Gasteiger partial charge in [-0.3, -0.25) is 0 Å². The van der Waals surface area contributed by atoms with E-state index in [4.69, 9.17) is 0 Å². The predicted octanol–water partition coefficient (Wildman–Crippen LogP) is 1.73. The Kier molecular flexibility index (Phi) is 2.48. The molecular formula is C5H8N2S2. The molecule has 2 nitrogen and oxygen atoms in total. The minimum atomic E-state index is 0.853. The molecule has 0 aromatic rings. The summed E-state index contributed by atoms with van der Waals surface area (Å²) in [5.74, 6) is 0.853. The third-order valence-electron chi connectivity index (χ3n) is 0.893. The molecule has 0 unspecified atom stereocenters. The van der Waals surface area contributed by atoms with Crippen LogP contribution in [0, 0.1) is 0 Å². The van der Waals surface area contributed by atoms with Crippen molar-refractivity contribution in [3.05, 3.63) is 12.7 Å². The maximum Gasteiger partial charge on any atom is 0.0999 e. The molecule has 0 fully saturated rings. The van der Waals surface area contributed by atoms with Crippen molar-refractivity contribution >= 4 is 29.6 Å². The normalized spacial score (nSPS) is 17.9. The molecule has 0 atom stereocenters. The highest BCUT2D eigenvalue weighted by molar-refractivity contribution is 8.14.